The Kier molecular flexibility index (Phi) is 6.34. The summed E-state index contributed by atoms with van der Waals surface area (Å²) in [7, 11) is 0. The van der Waals surface area contributed by atoms with Crippen LogP contribution in [0.1, 0.15) is 47.4 Å². The molecule has 28 heavy (non-hydrogen) atoms. The normalized spacial score (nSPS) is 11.1. The molecule has 0 fully saturated rings. The molecule has 2 rings (SSSR count). The lowest BCUT2D eigenvalue weighted by Crippen LogP contribution is -2.48. The molecular weight excluding hydrogens is 385 g/mol. The molecule has 5 N–H and O–H groups in total. The number of carbonyl (C=O) groups excluding carboxylic acids is 3. The minimum atomic E-state index is -0.858. The zero-order valence-electron chi connectivity index (χ0n) is 15.8. The largest absolute Gasteiger partial charge is 0.395 e. The maximum absolute atomic E-state index is 13.3. The first-order chi connectivity index (χ1) is 13.1. The summed E-state index contributed by atoms with van der Waals surface area (Å²) in [4.78, 5) is 38.0. The van der Waals surface area contributed by atoms with Crippen molar-refractivity contribution in [2.24, 2.45) is 5.73 Å². The summed E-state index contributed by atoms with van der Waals surface area (Å²) in [5.74, 6) is -2.38. The fourth-order valence-electron chi connectivity index (χ4n) is 2.30. The van der Waals surface area contributed by atoms with E-state index in [4.69, 9.17) is 11.5 Å². The highest BCUT2D eigenvalue weighted by Gasteiger charge is 2.28. The van der Waals surface area contributed by atoms with E-state index in [1.165, 1.54) is 24.3 Å². The zero-order chi connectivity index (χ0) is 21.1. The van der Waals surface area contributed by atoms with Gasteiger partial charge in [-0.25, -0.2) is 4.39 Å². The van der Waals surface area contributed by atoms with Crippen molar-refractivity contribution in [3.8, 4) is 0 Å². The molecule has 1 heterocycles. The Hall–Kier alpha value is -3.01. The van der Waals surface area contributed by atoms with Crippen LogP contribution in [0.15, 0.2) is 24.3 Å². The van der Waals surface area contributed by atoms with Gasteiger partial charge in [0.1, 0.15) is 17.2 Å². The van der Waals surface area contributed by atoms with Crippen molar-refractivity contribution in [2.45, 2.75) is 32.7 Å². The first-order valence-electron chi connectivity index (χ1n) is 8.49. The first kappa shape index (κ1) is 21.3. The van der Waals surface area contributed by atoms with Gasteiger partial charge in [0.2, 0.25) is 5.91 Å². The molecule has 3 amide bonds. The van der Waals surface area contributed by atoms with Crippen molar-refractivity contribution in [1.82, 2.24) is 9.69 Å². The quantitative estimate of drug-likeness (QED) is 0.645. The summed E-state index contributed by atoms with van der Waals surface area (Å²) in [5.41, 5.74) is 10.5. The number of primary amides is 1. The molecule has 0 saturated carbocycles. The van der Waals surface area contributed by atoms with E-state index in [0.717, 1.165) is 4.90 Å². The van der Waals surface area contributed by atoms with Crippen LogP contribution in [-0.2, 0) is 4.79 Å². The number of hydrogen-bond acceptors (Lipinski definition) is 6. The van der Waals surface area contributed by atoms with Gasteiger partial charge in [0.15, 0.2) is 5.69 Å². The molecule has 0 saturated heterocycles. The summed E-state index contributed by atoms with van der Waals surface area (Å²) >= 11 is 0.711. The van der Waals surface area contributed by atoms with Gasteiger partial charge < -0.3 is 16.8 Å². The van der Waals surface area contributed by atoms with Crippen LogP contribution >= 0.6 is 11.5 Å². The standard InChI is InChI=1S/C18H22FN5O3S/c1-4-18(2,3)22-12(25)9-24(11-7-5-10(19)6-8-11)17(27)15-13(20)14(16(21)26)23-28-15/h5-8H,4,9,20H2,1-3H3,(H2,21,26)(H,22,25). The summed E-state index contributed by atoms with van der Waals surface area (Å²) in [6.45, 7) is 5.31. The number of carbonyl (C=O) groups is 3. The molecule has 150 valence electrons. The molecule has 10 heteroatoms. The highest BCUT2D eigenvalue weighted by atomic mass is 32.1. The van der Waals surface area contributed by atoms with Crippen LogP contribution in [0.5, 0.6) is 0 Å². The number of aromatic nitrogens is 1. The molecular formula is C18H22FN5O3S. The van der Waals surface area contributed by atoms with Crippen LogP contribution < -0.4 is 21.7 Å². The van der Waals surface area contributed by atoms with Crippen LogP contribution in [-0.4, -0.2) is 34.2 Å². The van der Waals surface area contributed by atoms with Gasteiger partial charge >= 0.3 is 0 Å². The van der Waals surface area contributed by atoms with Gasteiger partial charge in [0, 0.05) is 11.2 Å². The van der Waals surface area contributed by atoms with Crippen molar-refractivity contribution in [3.63, 3.8) is 0 Å². The second-order valence-corrected chi connectivity index (χ2v) is 7.56. The highest BCUT2D eigenvalue weighted by molar-refractivity contribution is 7.09. The van der Waals surface area contributed by atoms with E-state index in [1.54, 1.807) is 0 Å². The Bertz CT molecular complexity index is 895. The monoisotopic (exact) mass is 407 g/mol. The molecule has 0 aliphatic heterocycles. The summed E-state index contributed by atoms with van der Waals surface area (Å²) in [6.07, 6.45) is 0.687. The summed E-state index contributed by atoms with van der Waals surface area (Å²) in [5, 5.41) is 2.84. The van der Waals surface area contributed by atoms with Gasteiger partial charge in [0.05, 0.1) is 5.69 Å². The van der Waals surface area contributed by atoms with Crippen LogP contribution in [0.2, 0.25) is 0 Å². The van der Waals surface area contributed by atoms with Crippen LogP contribution in [0.25, 0.3) is 0 Å². The van der Waals surface area contributed by atoms with Gasteiger partial charge in [-0.3, -0.25) is 19.3 Å². The molecule has 0 aliphatic carbocycles. The van der Waals surface area contributed by atoms with Crippen molar-refractivity contribution in [2.75, 3.05) is 17.2 Å². The number of halogens is 1. The van der Waals surface area contributed by atoms with Crippen molar-refractivity contribution in [1.29, 1.82) is 0 Å². The molecule has 0 unspecified atom stereocenters. The molecule has 8 nitrogen and oxygen atoms in total. The van der Waals surface area contributed by atoms with E-state index >= 15 is 0 Å². The molecule has 1 aromatic carbocycles. The fraction of sp³-hybridized carbons (Fsp3) is 0.333. The van der Waals surface area contributed by atoms with Crippen LogP contribution in [0.3, 0.4) is 0 Å². The molecule has 1 aromatic heterocycles. The van der Waals surface area contributed by atoms with Crippen molar-refractivity contribution < 1.29 is 18.8 Å². The molecule has 0 radical (unpaired) electrons. The van der Waals surface area contributed by atoms with E-state index in [9.17, 15) is 18.8 Å². The Labute approximate surface area is 165 Å². The van der Waals surface area contributed by atoms with Crippen LogP contribution in [0, 0.1) is 5.82 Å². The maximum Gasteiger partial charge on any atom is 0.272 e. The minimum absolute atomic E-state index is 0.0272. The third-order valence-electron chi connectivity index (χ3n) is 4.20. The first-order valence-corrected chi connectivity index (χ1v) is 9.26. The van der Waals surface area contributed by atoms with Gasteiger partial charge in [-0.05, 0) is 56.1 Å². The minimum Gasteiger partial charge on any atom is -0.395 e. The lowest BCUT2D eigenvalue weighted by atomic mass is 10.0. The lowest BCUT2D eigenvalue weighted by Gasteiger charge is -2.27. The molecule has 0 bridgehead atoms. The number of nitrogens with zero attached hydrogens (tertiary/aromatic N) is 2. The van der Waals surface area contributed by atoms with Crippen LogP contribution in [0.4, 0.5) is 15.8 Å². The van der Waals surface area contributed by atoms with Crippen molar-refractivity contribution in [3.05, 3.63) is 40.7 Å². The molecule has 0 atom stereocenters. The highest BCUT2D eigenvalue weighted by Crippen LogP contribution is 2.26. The number of anilines is 2. The second-order valence-electron chi connectivity index (χ2n) is 6.79. The van der Waals surface area contributed by atoms with Gasteiger partial charge in [0.25, 0.3) is 11.8 Å². The third-order valence-corrected chi connectivity index (χ3v) is 5.05. The predicted molar refractivity (Wildman–Crippen MR) is 106 cm³/mol. The molecule has 2 aromatic rings. The van der Waals surface area contributed by atoms with E-state index in [0.29, 0.717) is 23.6 Å². The fourth-order valence-corrected chi connectivity index (χ4v) is 3.06. The zero-order valence-corrected chi connectivity index (χ0v) is 16.6. The number of nitrogens with two attached hydrogens (primary N) is 2. The number of hydrogen-bond donors (Lipinski definition) is 3. The number of amides is 3. The van der Waals surface area contributed by atoms with Gasteiger partial charge in [-0.15, -0.1) is 0 Å². The van der Waals surface area contributed by atoms with E-state index in [1.807, 2.05) is 20.8 Å². The van der Waals surface area contributed by atoms with Crippen molar-refractivity contribution >= 4 is 40.6 Å². The second kappa shape index (κ2) is 8.34. The Morgan fingerprint density at radius 2 is 1.86 bits per heavy atom. The Balaban J connectivity index is 2.38. The number of rotatable bonds is 7. The van der Waals surface area contributed by atoms with E-state index < -0.39 is 29.1 Å². The SMILES string of the molecule is CCC(C)(C)NC(=O)CN(C(=O)c1snc(C(N)=O)c1N)c1ccc(F)cc1. The number of benzene rings is 1. The molecule has 0 spiro atoms. The predicted octanol–water partition coefficient (Wildman–Crippen LogP) is 1.91. The number of nitrogens with one attached hydrogen (secondary N) is 1. The third kappa shape index (κ3) is 4.83. The Morgan fingerprint density at radius 1 is 1.25 bits per heavy atom. The topological polar surface area (TPSA) is 131 Å². The number of nitrogen functional groups attached to an aromatic ring is 1. The maximum atomic E-state index is 13.3. The van der Waals surface area contributed by atoms with Gasteiger partial charge in [-0.2, -0.15) is 4.37 Å². The summed E-state index contributed by atoms with van der Waals surface area (Å²) in [6, 6.07) is 5.10. The average molecular weight is 407 g/mol. The average Bonchev–Trinajstić information content (AvgIpc) is 3.01. The Morgan fingerprint density at radius 3 is 2.36 bits per heavy atom. The van der Waals surface area contributed by atoms with E-state index in [2.05, 4.69) is 9.69 Å². The summed E-state index contributed by atoms with van der Waals surface area (Å²) < 4.78 is 17.1. The lowest BCUT2D eigenvalue weighted by molar-refractivity contribution is -0.121. The van der Waals surface area contributed by atoms with E-state index in [-0.39, 0.29) is 22.8 Å². The smallest absolute Gasteiger partial charge is 0.272 e. The van der Waals surface area contributed by atoms with Gasteiger partial charge in [-0.1, -0.05) is 6.92 Å². The molecule has 0 aliphatic rings.